The van der Waals surface area contributed by atoms with Crippen LogP contribution < -0.4 is 15.9 Å². The Morgan fingerprint density at radius 3 is 2.61 bits per heavy atom. The first-order chi connectivity index (χ1) is 15.7. The summed E-state index contributed by atoms with van der Waals surface area (Å²) in [5, 5.41) is 11.8. The number of ether oxygens (including phenoxy) is 1. The normalized spacial score (nSPS) is 15.5. The van der Waals surface area contributed by atoms with Gasteiger partial charge in [-0.05, 0) is 49.4 Å². The van der Waals surface area contributed by atoms with Gasteiger partial charge in [-0.25, -0.2) is 4.79 Å². The number of rotatable bonds is 2. The number of hydrogen-bond donors (Lipinski definition) is 2. The minimum Gasteiger partial charge on any atom is -0.506 e. The van der Waals surface area contributed by atoms with Crippen LogP contribution in [0.4, 0.5) is 0 Å². The van der Waals surface area contributed by atoms with Crippen LogP contribution in [-0.4, -0.2) is 21.8 Å². The highest BCUT2D eigenvalue weighted by molar-refractivity contribution is 6.09. The van der Waals surface area contributed by atoms with Crippen molar-refractivity contribution in [3.05, 3.63) is 78.9 Å². The summed E-state index contributed by atoms with van der Waals surface area (Å²) in [5.41, 5.74) is 1.18. The SMILES string of the molecule is CC(=O)c1c2c(c3oc(=O)cc(C)c3c1O)[C@H](c1cc3ccc(C)cc3[nH]c1=O)CC(=O)O2. The number of hydrogen-bond acceptors (Lipinski definition) is 7. The molecule has 0 fully saturated rings. The Kier molecular flexibility index (Phi) is 4.49. The van der Waals surface area contributed by atoms with Gasteiger partial charge < -0.3 is 19.2 Å². The summed E-state index contributed by atoms with van der Waals surface area (Å²) in [4.78, 5) is 53.2. The third-order valence-electron chi connectivity index (χ3n) is 6.04. The number of benzene rings is 2. The highest BCUT2D eigenvalue weighted by Gasteiger charge is 2.38. The minimum atomic E-state index is -0.859. The van der Waals surface area contributed by atoms with E-state index in [-0.39, 0.29) is 39.8 Å². The lowest BCUT2D eigenvalue weighted by Crippen LogP contribution is -2.27. The number of pyridine rings is 1. The van der Waals surface area contributed by atoms with Gasteiger partial charge in [0.1, 0.15) is 16.9 Å². The van der Waals surface area contributed by atoms with E-state index in [4.69, 9.17) is 9.15 Å². The molecule has 0 bridgehead atoms. The van der Waals surface area contributed by atoms with Crippen LogP contribution in [-0.2, 0) is 4.79 Å². The van der Waals surface area contributed by atoms with E-state index in [1.807, 2.05) is 25.1 Å². The molecule has 166 valence electrons. The van der Waals surface area contributed by atoms with E-state index in [2.05, 4.69) is 4.98 Å². The topological polar surface area (TPSA) is 127 Å². The Bertz CT molecular complexity index is 1640. The Labute approximate surface area is 186 Å². The molecule has 1 aliphatic rings. The zero-order chi connectivity index (χ0) is 23.6. The van der Waals surface area contributed by atoms with Crippen molar-refractivity contribution >= 4 is 33.6 Å². The average Bonchev–Trinajstić information content (AvgIpc) is 2.71. The number of phenols is 1. The molecular formula is C25H19NO7. The van der Waals surface area contributed by atoms with Crippen LogP contribution in [0, 0.1) is 13.8 Å². The summed E-state index contributed by atoms with van der Waals surface area (Å²) in [7, 11) is 0. The number of phenolic OH excluding ortho intramolecular Hbond substituents is 1. The van der Waals surface area contributed by atoms with Gasteiger partial charge >= 0.3 is 11.6 Å². The summed E-state index contributed by atoms with van der Waals surface area (Å²) in [6.07, 6.45) is -0.206. The van der Waals surface area contributed by atoms with E-state index in [1.165, 1.54) is 13.0 Å². The number of ketones is 1. The van der Waals surface area contributed by atoms with Crippen LogP contribution >= 0.6 is 0 Å². The van der Waals surface area contributed by atoms with Crippen molar-refractivity contribution in [1.82, 2.24) is 4.98 Å². The van der Waals surface area contributed by atoms with Gasteiger partial charge in [0.2, 0.25) is 0 Å². The van der Waals surface area contributed by atoms with Crippen LogP contribution in [0.2, 0.25) is 0 Å². The molecule has 0 saturated carbocycles. The molecule has 8 nitrogen and oxygen atoms in total. The predicted molar refractivity (Wildman–Crippen MR) is 120 cm³/mol. The number of Topliss-reactive ketones (excluding diaryl/α,β-unsaturated/α-hetero) is 1. The smallest absolute Gasteiger partial charge is 0.336 e. The fourth-order valence-corrected chi connectivity index (χ4v) is 4.59. The first-order valence-electron chi connectivity index (χ1n) is 10.3. The number of aromatic amines is 1. The van der Waals surface area contributed by atoms with Crippen molar-refractivity contribution in [2.45, 2.75) is 33.1 Å². The molecule has 0 amide bonds. The van der Waals surface area contributed by atoms with Gasteiger partial charge in [0.15, 0.2) is 11.5 Å². The standard InChI is InChI=1S/C25H19NO7/c1-10-4-5-13-8-15(25(31)26-16(13)6-10)14-9-18(29)33-24-20(12(3)27)22(30)19-11(2)7-17(28)32-23(19)21(14)24/h4-8,14,30H,9H2,1-3H3,(H,26,31)/t14-/m0/s1. The van der Waals surface area contributed by atoms with E-state index in [1.54, 1.807) is 13.0 Å². The third kappa shape index (κ3) is 3.14. The molecule has 33 heavy (non-hydrogen) atoms. The number of esters is 1. The van der Waals surface area contributed by atoms with E-state index in [9.17, 15) is 24.3 Å². The summed E-state index contributed by atoms with van der Waals surface area (Å²) in [5.74, 6) is -2.69. The van der Waals surface area contributed by atoms with E-state index >= 15 is 0 Å². The number of aromatic hydroxyl groups is 1. The lowest BCUT2D eigenvalue weighted by Gasteiger charge is -2.27. The molecule has 0 aliphatic carbocycles. The molecule has 5 rings (SSSR count). The molecule has 0 radical (unpaired) electrons. The molecule has 2 aromatic heterocycles. The van der Waals surface area contributed by atoms with Gasteiger partial charge in [0.05, 0.1) is 11.8 Å². The summed E-state index contributed by atoms with van der Waals surface area (Å²) in [6, 6.07) is 8.48. The number of H-pyrrole nitrogens is 1. The molecule has 0 unspecified atom stereocenters. The first kappa shape index (κ1) is 20.7. The van der Waals surface area contributed by atoms with Crippen LogP contribution in [0.25, 0.3) is 21.9 Å². The first-order valence-corrected chi connectivity index (χ1v) is 10.3. The summed E-state index contributed by atoms with van der Waals surface area (Å²) in [6.45, 7) is 4.74. The fourth-order valence-electron chi connectivity index (χ4n) is 4.59. The highest BCUT2D eigenvalue weighted by atomic mass is 16.5. The molecule has 0 spiro atoms. The zero-order valence-electron chi connectivity index (χ0n) is 18.1. The number of aromatic nitrogens is 1. The van der Waals surface area contributed by atoms with Crippen molar-refractivity contribution in [3.63, 3.8) is 0 Å². The van der Waals surface area contributed by atoms with Gasteiger partial charge in [-0.2, -0.15) is 0 Å². The zero-order valence-corrected chi connectivity index (χ0v) is 18.1. The van der Waals surface area contributed by atoms with Gasteiger partial charge in [0.25, 0.3) is 5.56 Å². The number of aryl methyl sites for hydroxylation is 2. The lowest BCUT2D eigenvalue weighted by atomic mass is 9.83. The molecule has 2 N–H and O–H groups in total. The number of carbonyl (C=O) groups excluding carboxylic acids is 2. The number of fused-ring (bicyclic) bond motifs is 4. The molecule has 1 aliphatic heterocycles. The average molecular weight is 445 g/mol. The largest absolute Gasteiger partial charge is 0.506 e. The van der Waals surface area contributed by atoms with Gasteiger partial charge in [0, 0.05) is 28.6 Å². The Morgan fingerprint density at radius 2 is 1.88 bits per heavy atom. The fraction of sp³-hybridized carbons (Fsp3) is 0.200. The third-order valence-corrected chi connectivity index (χ3v) is 6.04. The predicted octanol–water partition coefficient (Wildman–Crippen LogP) is 3.60. The van der Waals surface area contributed by atoms with Gasteiger partial charge in [-0.3, -0.25) is 14.4 Å². The summed E-state index contributed by atoms with van der Waals surface area (Å²) >= 11 is 0. The van der Waals surface area contributed by atoms with E-state index in [0.717, 1.165) is 10.9 Å². The second kappa shape index (κ2) is 7.16. The molecule has 1 atom stereocenters. The van der Waals surface area contributed by atoms with E-state index in [0.29, 0.717) is 11.1 Å². The number of nitrogens with one attached hydrogen (secondary N) is 1. The molecule has 3 heterocycles. The van der Waals surface area contributed by atoms with Crippen molar-refractivity contribution in [1.29, 1.82) is 0 Å². The van der Waals surface area contributed by atoms with Crippen LogP contribution in [0.5, 0.6) is 11.5 Å². The van der Waals surface area contributed by atoms with Crippen LogP contribution in [0.1, 0.15) is 51.9 Å². The monoisotopic (exact) mass is 445 g/mol. The van der Waals surface area contributed by atoms with Crippen LogP contribution in [0.3, 0.4) is 0 Å². The van der Waals surface area contributed by atoms with E-state index < -0.39 is 34.6 Å². The van der Waals surface area contributed by atoms with Crippen molar-refractivity contribution < 1.29 is 23.8 Å². The molecule has 2 aromatic carbocycles. The molecule has 8 heteroatoms. The molecule has 0 saturated heterocycles. The summed E-state index contributed by atoms with van der Waals surface area (Å²) < 4.78 is 10.8. The number of carbonyl (C=O) groups is 2. The maximum absolute atomic E-state index is 13.1. The second-order valence-electron chi connectivity index (χ2n) is 8.35. The van der Waals surface area contributed by atoms with Crippen LogP contribution in [0.15, 0.2) is 44.3 Å². The maximum atomic E-state index is 13.1. The Morgan fingerprint density at radius 1 is 1.12 bits per heavy atom. The van der Waals surface area contributed by atoms with Crippen molar-refractivity contribution in [2.24, 2.45) is 0 Å². The Hall–Kier alpha value is -4.20. The van der Waals surface area contributed by atoms with Crippen molar-refractivity contribution in [3.8, 4) is 11.5 Å². The minimum absolute atomic E-state index is 0.0154. The lowest BCUT2D eigenvalue weighted by molar-refractivity contribution is -0.135. The second-order valence-corrected chi connectivity index (χ2v) is 8.35. The van der Waals surface area contributed by atoms with Crippen molar-refractivity contribution in [2.75, 3.05) is 0 Å². The highest BCUT2D eigenvalue weighted by Crippen LogP contribution is 2.49. The molecular weight excluding hydrogens is 426 g/mol. The van der Waals surface area contributed by atoms with Gasteiger partial charge in [-0.1, -0.05) is 12.1 Å². The Balaban J connectivity index is 1.93. The maximum Gasteiger partial charge on any atom is 0.336 e. The van der Waals surface area contributed by atoms with Gasteiger partial charge in [-0.15, -0.1) is 0 Å². The quantitative estimate of drug-likeness (QED) is 0.209. The molecule has 4 aromatic rings.